The number of benzene rings is 1. The lowest BCUT2D eigenvalue weighted by Crippen LogP contribution is -2.39. The van der Waals surface area contributed by atoms with Gasteiger partial charge in [-0.2, -0.15) is 0 Å². The summed E-state index contributed by atoms with van der Waals surface area (Å²) in [6.45, 7) is 8.02. The highest BCUT2D eigenvalue weighted by atomic mass is 79.9. The van der Waals surface area contributed by atoms with E-state index in [0.29, 0.717) is 37.0 Å². The van der Waals surface area contributed by atoms with Crippen LogP contribution in [0, 0.1) is 0 Å². The Morgan fingerprint density at radius 3 is 2.58 bits per heavy atom. The lowest BCUT2D eigenvalue weighted by Gasteiger charge is -2.25. The van der Waals surface area contributed by atoms with E-state index in [2.05, 4.69) is 50.7 Å². The summed E-state index contributed by atoms with van der Waals surface area (Å²) >= 11 is 7.97. The smallest absolute Gasteiger partial charge is 0.338 e. The monoisotopic (exact) mass is 592 g/mol. The van der Waals surface area contributed by atoms with Crippen molar-refractivity contribution in [3.8, 4) is 0 Å². The van der Waals surface area contributed by atoms with Gasteiger partial charge in [0.1, 0.15) is 5.76 Å². The second-order valence-corrected chi connectivity index (χ2v) is 10.5. The number of halogens is 2. The minimum absolute atomic E-state index is 0.237. The molecule has 6 nitrogen and oxygen atoms in total. The molecule has 0 saturated carbocycles. The Bertz CT molecular complexity index is 1410. The zero-order valence-electron chi connectivity index (χ0n) is 18.5. The number of allylic oxidation sites excluding steroid dienone is 1. The summed E-state index contributed by atoms with van der Waals surface area (Å²) in [7, 11) is 0. The summed E-state index contributed by atoms with van der Waals surface area (Å²) in [4.78, 5) is 31.6. The first-order chi connectivity index (χ1) is 15.7. The summed E-state index contributed by atoms with van der Waals surface area (Å²) in [6.07, 6.45) is 1.68. The molecule has 0 amide bonds. The largest absolute Gasteiger partial charge is 0.463 e. The van der Waals surface area contributed by atoms with E-state index in [4.69, 9.17) is 9.15 Å². The number of fused-ring (bicyclic) bond motifs is 1. The third-order valence-electron chi connectivity index (χ3n) is 5.37. The lowest BCUT2D eigenvalue weighted by molar-refractivity contribution is -0.139. The Morgan fingerprint density at radius 1 is 1.30 bits per heavy atom. The summed E-state index contributed by atoms with van der Waals surface area (Å²) < 4.78 is 14.3. The van der Waals surface area contributed by atoms with E-state index in [9.17, 15) is 9.59 Å². The first-order valence-corrected chi connectivity index (χ1v) is 12.9. The Kier molecular flexibility index (Phi) is 6.93. The highest BCUT2D eigenvalue weighted by Gasteiger charge is 2.33. The maximum atomic E-state index is 13.5. The number of hydrogen-bond acceptors (Lipinski definition) is 6. The Morgan fingerprint density at radius 2 is 2.00 bits per heavy atom. The van der Waals surface area contributed by atoms with E-state index in [0.717, 1.165) is 10.0 Å². The van der Waals surface area contributed by atoms with E-state index in [1.807, 2.05) is 24.3 Å². The van der Waals surface area contributed by atoms with Crippen molar-refractivity contribution in [1.82, 2.24) is 4.57 Å². The van der Waals surface area contributed by atoms with Gasteiger partial charge in [0, 0.05) is 6.08 Å². The van der Waals surface area contributed by atoms with Gasteiger partial charge < -0.3 is 9.15 Å². The van der Waals surface area contributed by atoms with E-state index >= 15 is 0 Å². The number of furan rings is 1. The number of ether oxygens (including phenoxy) is 1. The molecule has 2 aromatic heterocycles. The van der Waals surface area contributed by atoms with Crippen LogP contribution in [0.3, 0.4) is 0 Å². The number of rotatable bonds is 5. The van der Waals surface area contributed by atoms with Gasteiger partial charge in [-0.05, 0) is 68.8 Å². The molecule has 4 rings (SSSR count). The van der Waals surface area contributed by atoms with Crippen LogP contribution in [0.2, 0.25) is 0 Å². The molecule has 1 atom stereocenters. The predicted molar refractivity (Wildman–Crippen MR) is 135 cm³/mol. The van der Waals surface area contributed by atoms with Crippen LogP contribution >= 0.6 is 43.2 Å². The lowest BCUT2D eigenvalue weighted by atomic mass is 9.93. The van der Waals surface area contributed by atoms with Crippen LogP contribution in [0.5, 0.6) is 0 Å². The minimum atomic E-state index is -0.626. The predicted octanol–water partition coefficient (Wildman–Crippen LogP) is 5.04. The summed E-state index contributed by atoms with van der Waals surface area (Å²) in [6, 6.07) is 9.15. The van der Waals surface area contributed by atoms with Crippen LogP contribution in [-0.2, 0) is 9.53 Å². The van der Waals surface area contributed by atoms with Gasteiger partial charge in [-0.1, -0.05) is 49.4 Å². The molecule has 1 aromatic carbocycles. The topological polar surface area (TPSA) is 73.8 Å². The fraction of sp³-hybridized carbons (Fsp3) is 0.292. The molecule has 0 bridgehead atoms. The molecule has 0 radical (unpaired) electrons. The van der Waals surface area contributed by atoms with Crippen LogP contribution in [0.15, 0.2) is 64.9 Å². The number of hydrogen-bond donors (Lipinski definition) is 0. The van der Waals surface area contributed by atoms with Crippen molar-refractivity contribution in [2.75, 3.05) is 6.61 Å². The standard InChI is InChI=1S/C24H22Br2N2O4S/c1-5-31-23(30)19-13(4)27-24-28(20(19)15-8-6-14(7-9-15)12(2)3)22(29)18(33-24)11-16-10-17(25)21(26)32-16/h6-12,20H,5H2,1-4H3/t20-/m0/s1. The van der Waals surface area contributed by atoms with Crippen molar-refractivity contribution in [2.45, 2.75) is 39.7 Å². The third-order valence-corrected chi connectivity index (χ3v) is 8.07. The van der Waals surface area contributed by atoms with Gasteiger partial charge in [-0.15, -0.1) is 0 Å². The van der Waals surface area contributed by atoms with Gasteiger partial charge in [-0.3, -0.25) is 9.36 Å². The van der Waals surface area contributed by atoms with Gasteiger partial charge >= 0.3 is 5.97 Å². The van der Waals surface area contributed by atoms with E-state index in [-0.39, 0.29) is 12.2 Å². The summed E-state index contributed by atoms with van der Waals surface area (Å²) in [5, 5.41) is 0. The number of aromatic nitrogens is 1. The zero-order valence-corrected chi connectivity index (χ0v) is 22.5. The fourth-order valence-electron chi connectivity index (χ4n) is 3.73. The van der Waals surface area contributed by atoms with Gasteiger partial charge in [0.2, 0.25) is 0 Å². The maximum Gasteiger partial charge on any atom is 0.338 e. The van der Waals surface area contributed by atoms with Crippen LogP contribution in [-0.4, -0.2) is 17.1 Å². The molecule has 33 heavy (non-hydrogen) atoms. The average molecular weight is 594 g/mol. The van der Waals surface area contributed by atoms with Gasteiger partial charge in [0.25, 0.3) is 5.56 Å². The quantitative estimate of drug-likeness (QED) is 0.389. The molecule has 0 unspecified atom stereocenters. The molecule has 0 N–H and O–H groups in total. The average Bonchev–Trinajstić information content (AvgIpc) is 3.25. The minimum Gasteiger partial charge on any atom is -0.463 e. The number of carbonyl (C=O) groups excluding carboxylic acids is 1. The molecule has 0 saturated heterocycles. The SMILES string of the molecule is CCOC(=O)C1=C(C)N=c2sc(=Cc3cc(Br)c(Br)o3)c(=O)n2[C@H]1c1ccc(C(C)C)cc1. The highest BCUT2D eigenvalue weighted by molar-refractivity contribution is 9.13. The molecule has 1 aliphatic rings. The van der Waals surface area contributed by atoms with Crippen LogP contribution in [0.1, 0.15) is 56.5 Å². The first-order valence-electron chi connectivity index (χ1n) is 10.5. The summed E-state index contributed by atoms with van der Waals surface area (Å²) in [5.74, 6) is 0.429. The Hall–Kier alpha value is -2.23. The molecular formula is C24H22Br2N2O4S. The van der Waals surface area contributed by atoms with Crippen LogP contribution in [0.25, 0.3) is 6.08 Å². The zero-order chi connectivity index (χ0) is 23.9. The Labute approximate surface area is 211 Å². The molecule has 3 heterocycles. The van der Waals surface area contributed by atoms with Crippen molar-refractivity contribution in [3.05, 3.63) is 87.3 Å². The first kappa shape index (κ1) is 23.9. The molecule has 0 spiro atoms. The summed E-state index contributed by atoms with van der Waals surface area (Å²) in [5.41, 5.74) is 2.68. The van der Waals surface area contributed by atoms with Gasteiger partial charge in [0.15, 0.2) is 9.47 Å². The van der Waals surface area contributed by atoms with Crippen molar-refractivity contribution in [3.63, 3.8) is 0 Å². The maximum absolute atomic E-state index is 13.5. The van der Waals surface area contributed by atoms with Crippen molar-refractivity contribution in [2.24, 2.45) is 4.99 Å². The number of nitrogens with zero attached hydrogens (tertiary/aromatic N) is 2. The van der Waals surface area contributed by atoms with Crippen molar-refractivity contribution in [1.29, 1.82) is 0 Å². The van der Waals surface area contributed by atoms with E-state index in [1.165, 1.54) is 16.9 Å². The second-order valence-electron chi connectivity index (χ2n) is 7.89. The molecule has 0 fully saturated rings. The second kappa shape index (κ2) is 9.56. The number of carbonyl (C=O) groups is 1. The van der Waals surface area contributed by atoms with Crippen molar-refractivity contribution >= 4 is 55.2 Å². The molecule has 1 aliphatic heterocycles. The van der Waals surface area contributed by atoms with Crippen LogP contribution in [0.4, 0.5) is 0 Å². The highest BCUT2D eigenvalue weighted by Crippen LogP contribution is 2.32. The number of thiazole rings is 1. The normalized spacial score (nSPS) is 16.2. The van der Waals surface area contributed by atoms with Gasteiger partial charge in [-0.25, -0.2) is 9.79 Å². The fourth-order valence-corrected chi connectivity index (χ4v) is 5.37. The Balaban J connectivity index is 1.93. The van der Waals surface area contributed by atoms with Gasteiger partial charge in [0.05, 0.1) is 32.9 Å². The molecule has 0 aliphatic carbocycles. The molecule has 172 valence electrons. The van der Waals surface area contributed by atoms with Crippen LogP contribution < -0.4 is 14.9 Å². The third kappa shape index (κ3) is 4.58. The van der Waals surface area contributed by atoms with Crippen molar-refractivity contribution < 1.29 is 13.9 Å². The number of esters is 1. The molecule has 9 heteroatoms. The van der Waals surface area contributed by atoms with E-state index in [1.54, 1.807) is 30.6 Å². The van der Waals surface area contributed by atoms with E-state index < -0.39 is 12.0 Å². The molecular weight excluding hydrogens is 572 g/mol. The molecule has 3 aromatic rings.